The fourth-order valence-electron chi connectivity index (χ4n) is 3.17. The van der Waals surface area contributed by atoms with Crippen molar-refractivity contribution in [2.45, 2.75) is 32.9 Å². The highest BCUT2D eigenvalue weighted by Crippen LogP contribution is 2.22. The molecule has 10 heteroatoms. The number of para-hydroxylation sites is 1. The Bertz CT molecular complexity index is 1230. The van der Waals surface area contributed by atoms with E-state index in [1.165, 1.54) is 11.8 Å². The van der Waals surface area contributed by atoms with E-state index in [0.29, 0.717) is 16.9 Å². The maximum Gasteiger partial charge on any atom is 0.252 e. The Morgan fingerprint density at radius 2 is 1.77 bits per heavy atom. The summed E-state index contributed by atoms with van der Waals surface area (Å²) >= 11 is 1.31. The van der Waals surface area contributed by atoms with Crippen LogP contribution < -0.4 is 5.32 Å². The van der Waals surface area contributed by atoms with E-state index >= 15 is 0 Å². The molecule has 0 atom stereocenters. The molecule has 0 saturated heterocycles. The molecule has 0 aliphatic rings. The van der Waals surface area contributed by atoms with Gasteiger partial charge in [-0.15, -0.1) is 10.2 Å². The molecule has 0 fully saturated rings. The summed E-state index contributed by atoms with van der Waals surface area (Å²) in [4.78, 5) is 21.6. The Morgan fingerprint density at radius 3 is 2.52 bits per heavy atom. The third-order valence-electron chi connectivity index (χ3n) is 4.48. The van der Waals surface area contributed by atoms with Gasteiger partial charge >= 0.3 is 0 Å². The van der Waals surface area contributed by atoms with Gasteiger partial charge in [-0.25, -0.2) is 9.97 Å². The highest BCUT2D eigenvalue weighted by molar-refractivity contribution is 7.99. The number of amides is 1. The van der Waals surface area contributed by atoms with Crippen molar-refractivity contribution in [3.8, 4) is 11.6 Å². The van der Waals surface area contributed by atoms with Crippen molar-refractivity contribution in [3.05, 3.63) is 65.4 Å². The van der Waals surface area contributed by atoms with Crippen molar-refractivity contribution < 1.29 is 4.79 Å². The van der Waals surface area contributed by atoms with Gasteiger partial charge in [0.05, 0.1) is 17.1 Å². The Labute approximate surface area is 184 Å². The van der Waals surface area contributed by atoms with Crippen molar-refractivity contribution in [3.63, 3.8) is 0 Å². The lowest BCUT2D eigenvalue weighted by atomic mass is 10.2. The second-order valence-corrected chi connectivity index (χ2v) is 8.08. The quantitative estimate of drug-likeness (QED) is 0.465. The van der Waals surface area contributed by atoms with Crippen LogP contribution in [0.5, 0.6) is 0 Å². The van der Waals surface area contributed by atoms with E-state index in [0.717, 1.165) is 28.3 Å². The fraction of sp³-hybridized carbons (Fsp3) is 0.238. The first-order chi connectivity index (χ1) is 14.9. The van der Waals surface area contributed by atoms with E-state index in [-0.39, 0.29) is 11.7 Å². The molecule has 4 rings (SSSR count). The average Bonchev–Trinajstić information content (AvgIpc) is 3.32. The van der Waals surface area contributed by atoms with Crippen LogP contribution in [0.3, 0.4) is 0 Å². The number of carbonyl (C=O) groups is 1. The fourth-order valence-corrected chi connectivity index (χ4v) is 3.90. The Kier molecular flexibility index (Phi) is 5.81. The highest BCUT2D eigenvalue weighted by atomic mass is 32.2. The zero-order valence-corrected chi connectivity index (χ0v) is 18.5. The lowest BCUT2D eigenvalue weighted by molar-refractivity contribution is -0.113. The number of aryl methyl sites for hydroxylation is 4. The number of nitrogens with one attached hydrogen (secondary N) is 1. The molecule has 1 aromatic carbocycles. The molecular weight excluding hydrogens is 412 g/mol. The maximum absolute atomic E-state index is 12.7. The van der Waals surface area contributed by atoms with Crippen LogP contribution in [0.25, 0.3) is 11.6 Å². The minimum atomic E-state index is -0.185. The third-order valence-corrected chi connectivity index (χ3v) is 5.43. The molecule has 1 amide bonds. The van der Waals surface area contributed by atoms with Gasteiger partial charge in [-0.3, -0.25) is 9.36 Å². The molecule has 31 heavy (non-hydrogen) atoms. The van der Waals surface area contributed by atoms with Gasteiger partial charge in [0.25, 0.3) is 5.95 Å². The zero-order chi connectivity index (χ0) is 22.0. The second-order valence-electron chi connectivity index (χ2n) is 7.14. The van der Waals surface area contributed by atoms with Crippen LogP contribution in [0.1, 0.15) is 22.6 Å². The Morgan fingerprint density at radius 1 is 1.03 bits per heavy atom. The van der Waals surface area contributed by atoms with Gasteiger partial charge in [0.2, 0.25) is 5.91 Å². The first-order valence-corrected chi connectivity index (χ1v) is 10.7. The van der Waals surface area contributed by atoms with E-state index in [9.17, 15) is 4.79 Å². The molecule has 0 bridgehead atoms. The standard InChI is InChI=1S/C21H22N8OS/c1-13-7-5-6-8-17(13)28-12-22-26-21(28)31-11-19(30)25-18-10-16(4)27-29(18)20-23-14(2)9-15(3)24-20/h5-10,12H,11H2,1-4H3,(H,25,30). The monoisotopic (exact) mass is 434 g/mol. The number of nitrogens with zero attached hydrogens (tertiary/aromatic N) is 7. The van der Waals surface area contributed by atoms with E-state index in [1.807, 2.05) is 62.6 Å². The number of rotatable bonds is 6. The van der Waals surface area contributed by atoms with Crippen molar-refractivity contribution in [2.75, 3.05) is 11.1 Å². The van der Waals surface area contributed by atoms with E-state index in [2.05, 4.69) is 30.6 Å². The van der Waals surface area contributed by atoms with Crippen LogP contribution in [0.15, 0.2) is 47.9 Å². The minimum absolute atomic E-state index is 0.169. The van der Waals surface area contributed by atoms with Gasteiger partial charge in [-0.2, -0.15) is 9.78 Å². The van der Waals surface area contributed by atoms with Crippen molar-refractivity contribution in [1.29, 1.82) is 0 Å². The molecule has 0 aliphatic carbocycles. The Balaban J connectivity index is 1.49. The van der Waals surface area contributed by atoms with Crippen LogP contribution >= 0.6 is 11.8 Å². The van der Waals surface area contributed by atoms with Gasteiger partial charge < -0.3 is 5.32 Å². The van der Waals surface area contributed by atoms with Gasteiger partial charge in [0.1, 0.15) is 12.1 Å². The average molecular weight is 435 g/mol. The van der Waals surface area contributed by atoms with Crippen molar-refractivity contribution in [2.24, 2.45) is 0 Å². The predicted octanol–water partition coefficient (Wildman–Crippen LogP) is 3.21. The van der Waals surface area contributed by atoms with Gasteiger partial charge in [-0.1, -0.05) is 30.0 Å². The minimum Gasteiger partial charge on any atom is -0.310 e. The third kappa shape index (κ3) is 4.64. The highest BCUT2D eigenvalue weighted by Gasteiger charge is 2.16. The first kappa shape index (κ1) is 20.7. The second kappa shape index (κ2) is 8.68. The number of hydrogen-bond acceptors (Lipinski definition) is 7. The van der Waals surface area contributed by atoms with Crippen LogP contribution in [-0.2, 0) is 4.79 Å². The molecular formula is C21H22N8OS. The summed E-state index contributed by atoms with van der Waals surface area (Å²) < 4.78 is 3.43. The first-order valence-electron chi connectivity index (χ1n) is 9.68. The van der Waals surface area contributed by atoms with E-state index in [1.54, 1.807) is 17.1 Å². The molecule has 158 valence electrons. The van der Waals surface area contributed by atoms with Crippen LogP contribution in [0, 0.1) is 27.7 Å². The van der Waals surface area contributed by atoms with E-state index < -0.39 is 0 Å². The number of aromatic nitrogens is 7. The summed E-state index contributed by atoms with van der Waals surface area (Å²) in [5.41, 5.74) is 4.50. The zero-order valence-electron chi connectivity index (χ0n) is 17.7. The molecule has 0 aliphatic heterocycles. The molecule has 0 unspecified atom stereocenters. The summed E-state index contributed by atoms with van der Waals surface area (Å²) in [7, 11) is 0. The van der Waals surface area contributed by atoms with Crippen LogP contribution in [0.2, 0.25) is 0 Å². The summed E-state index contributed by atoms with van der Waals surface area (Å²) in [5, 5.41) is 16.1. The molecule has 4 aromatic rings. The summed E-state index contributed by atoms with van der Waals surface area (Å²) in [6.45, 7) is 7.67. The molecule has 3 aromatic heterocycles. The van der Waals surface area contributed by atoms with Gasteiger partial charge in [0.15, 0.2) is 5.16 Å². The lowest BCUT2D eigenvalue weighted by Gasteiger charge is -2.10. The van der Waals surface area contributed by atoms with Crippen molar-refractivity contribution >= 4 is 23.5 Å². The number of carbonyl (C=O) groups excluding carboxylic acids is 1. The normalized spacial score (nSPS) is 11.0. The molecule has 1 N–H and O–H groups in total. The number of benzene rings is 1. The molecule has 9 nitrogen and oxygen atoms in total. The largest absolute Gasteiger partial charge is 0.310 e. The Hall–Kier alpha value is -3.53. The summed E-state index contributed by atoms with van der Waals surface area (Å²) in [6, 6.07) is 11.6. The van der Waals surface area contributed by atoms with Gasteiger partial charge in [0, 0.05) is 17.5 Å². The SMILES string of the molecule is Cc1cc(C)nc(-n2nc(C)cc2NC(=O)CSc2nncn2-c2ccccc2C)n1. The summed E-state index contributed by atoms with van der Waals surface area (Å²) in [6.07, 6.45) is 1.65. The topological polar surface area (TPSA) is 103 Å². The molecule has 0 radical (unpaired) electrons. The van der Waals surface area contributed by atoms with E-state index in [4.69, 9.17) is 0 Å². The van der Waals surface area contributed by atoms with Crippen molar-refractivity contribution in [1.82, 2.24) is 34.5 Å². The lowest BCUT2D eigenvalue weighted by Crippen LogP contribution is -2.18. The van der Waals surface area contributed by atoms with Crippen LogP contribution in [0.4, 0.5) is 5.82 Å². The number of hydrogen-bond donors (Lipinski definition) is 1. The molecule has 0 spiro atoms. The summed E-state index contributed by atoms with van der Waals surface area (Å²) in [5.74, 6) is 0.930. The molecule has 3 heterocycles. The smallest absolute Gasteiger partial charge is 0.252 e. The predicted molar refractivity (Wildman–Crippen MR) is 119 cm³/mol. The van der Waals surface area contributed by atoms with Crippen LogP contribution in [-0.4, -0.2) is 46.2 Å². The molecule has 0 saturated carbocycles. The maximum atomic E-state index is 12.7. The number of thioether (sulfide) groups is 1. The van der Waals surface area contributed by atoms with Gasteiger partial charge in [-0.05, 0) is 45.4 Å². The number of anilines is 1.